The van der Waals surface area contributed by atoms with Gasteiger partial charge in [-0.2, -0.15) is 5.10 Å². The molecule has 110 valence electrons. The second-order valence-electron chi connectivity index (χ2n) is 3.97. The lowest BCUT2D eigenvalue weighted by Crippen LogP contribution is -1.98. The zero-order chi connectivity index (χ0) is 15.6. The molecule has 0 atom stereocenters. The highest BCUT2D eigenvalue weighted by Crippen LogP contribution is 2.37. The second kappa shape index (κ2) is 6.06. The summed E-state index contributed by atoms with van der Waals surface area (Å²) < 4.78 is 0.506. The molecule has 0 saturated heterocycles. The molecule has 0 radical (unpaired) electrons. The molecule has 0 fully saturated rings. The highest BCUT2D eigenvalue weighted by Gasteiger charge is 2.22. The number of aromatic hydroxyl groups is 1. The van der Waals surface area contributed by atoms with Crippen molar-refractivity contribution >= 4 is 50.1 Å². The predicted octanol–water partition coefficient (Wildman–Crippen LogP) is 2.86. The van der Waals surface area contributed by atoms with Crippen LogP contribution in [0.5, 0.6) is 5.75 Å². The maximum absolute atomic E-state index is 11.0. The number of nitro benzene ring substituents is 1. The molecule has 0 spiro atoms. The Hall–Kier alpha value is -2.20. The molecule has 10 heteroatoms. The molecule has 0 aliphatic rings. The fourth-order valence-electron chi connectivity index (χ4n) is 1.56. The van der Waals surface area contributed by atoms with E-state index in [1.54, 1.807) is 18.4 Å². The van der Waals surface area contributed by atoms with Crippen LogP contribution in [0, 0.1) is 17.0 Å². The molecule has 21 heavy (non-hydrogen) atoms. The number of hydrogen-bond donors (Lipinski definition) is 3. The van der Waals surface area contributed by atoms with Crippen LogP contribution in [0.25, 0.3) is 0 Å². The van der Waals surface area contributed by atoms with Gasteiger partial charge < -0.3 is 10.8 Å². The van der Waals surface area contributed by atoms with Crippen LogP contribution in [0.3, 0.4) is 0 Å². The van der Waals surface area contributed by atoms with Crippen molar-refractivity contribution in [1.29, 1.82) is 0 Å². The molecule has 0 amide bonds. The van der Waals surface area contributed by atoms with E-state index in [1.165, 1.54) is 17.6 Å². The summed E-state index contributed by atoms with van der Waals surface area (Å²) in [6.45, 7) is 1.54. The van der Waals surface area contributed by atoms with Gasteiger partial charge in [-0.3, -0.25) is 15.5 Å². The van der Waals surface area contributed by atoms with Crippen LogP contribution < -0.4 is 11.2 Å². The Morgan fingerprint density at radius 1 is 1.67 bits per heavy atom. The summed E-state index contributed by atoms with van der Waals surface area (Å²) in [6.07, 6.45) is 1.27. The summed E-state index contributed by atoms with van der Waals surface area (Å²) in [5.74, 6) is -0.0702. The highest BCUT2D eigenvalue weighted by molar-refractivity contribution is 9.10. The van der Waals surface area contributed by atoms with Gasteiger partial charge in [0.25, 0.3) is 0 Å². The molecule has 0 saturated carbocycles. The molecule has 1 aromatic heterocycles. The van der Waals surface area contributed by atoms with Crippen molar-refractivity contribution in [2.45, 2.75) is 6.92 Å². The Morgan fingerprint density at radius 3 is 2.95 bits per heavy atom. The Kier molecular flexibility index (Phi) is 4.38. The minimum Gasteiger partial charge on any atom is -0.502 e. The van der Waals surface area contributed by atoms with Crippen LogP contribution >= 0.6 is 27.3 Å². The number of aromatic nitrogens is 1. The third-order valence-corrected chi connectivity index (χ3v) is 4.15. The Balaban J connectivity index is 2.30. The van der Waals surface area contributed by atoms with Crippen molar-refractivity contribution in [2.75, 3.05) is 11.2 Å². The maximum Gasteiger partial charge on any atom is 0.315 e. The number of halogens is 1. The fraction of sp³-hybridized carbons (Fsp3) is 0.0909. The molecule has 0 bridgehead atoms. The minimum absolute atomic E-state index is 0.205. The Morgan fingerprint density at radius 2 is 2.38 bits per heavy atom. The Labute approximate surface area is 131 Å². The minimum atomic E-state index is -0.637. The highest BCUT2D eigenvalue weighted by atomic mass is 79.9. The summed E-state index contributed by atoms with van der Waals surface area (Å²) in [6, 6.07) is 1.54. The predicted molar refractivity (Wildman–Crippen MR) is 84.9 cm³/mol. The van der Waals surface area contributed by atoms with E-state index in [1.807, 2.05) is 0 Å². The van der Waals surface area contributed by atoms with Gasteiger partial charge in [-0.05, 0) is 13.0 Å². The largest absolute Gasteiger partial charge is 0.502 e. The number of thiazole rings is 1. The SMILES string of the molecule is Cc1c(Br)cc(C=NNc2nc(N)cs2)c(O)c1[N+](=O)[O-]. The van der Waals surface area contributed by atoms with E-state index < -0.39 is 10.7 Å². The quantitative estimate of drug-likeness (QED) is 0.430. The lowest BCUT2D eigenvalue weighted by molar-refractivity contribution is -0.386. The summed E-state index contributed by atoms with van der Waals surface area (Å²) >= 11 is 4.48. The van der Waals surface area contributed by atoms with E-state index in [4.69, 9.17) is 5.73 Å². The van der Waals surface area contributed by atoms with Crippen LogP contribution in [0.1, 0.15) is 11.1 Å². The molecule has 0 unspecified atom stereocenters. The number of nitrogens with zero attached hydrogens (tertiary/aromatic N) is 3. The number of phenols is 1. The average molecular weight is 372 g/mol. The molecule has 4 N–H and O–H groups in total. The number of anilines is 2. The van der Waals surface area contributed by atoms with E-state index in [0.717, 1.165) is 0 Å². The van der Waals surface area contributed by atoms with Crippen molar-refractivity contribution in [3.05, 3.63) is 37.2 Å². The van der Waals surface area contributed by atoms with Crippen molar-refractivity contribution in [3.8, 4) is 5.75 Å². The maximum atomic E-state index is 11.0. The fourth-order valence-corrected chi connectivity index (χ4v) is 2.54. The van der Waals surface area contributed by atoms with Gasteiger partial charge in [0.15, 0.2) is 0 Å². The summed E-state index contributed by atoms with van der Waals surface area (Å²) in [5, 5.41) is 26.9. The molecular formula is C11H10BrN5O3S. The van der Waals surface area contributed by atoms with Crippen LogP contribution in [0.15, 0.2) is 21.0 Å². The van der Waals surface area contributed by atoms with Crippen molar-refractivity contribution in [1.82, 2.24) is 4.98 Å². The van der Waals surface area contributed by atoms with Crippen LogP contribution in [-0.2, 0) is 0 Å². The van der Waals surface area contributed by atoms with E-state index in [2.05, 4.69) is 31.4 Å². The summed E-state index contributed by atoms with van der Waals surface area (Å²) in [4.78, 5) is 14.3. The molecule has 2 aromatic rings. The number of hydrazone groups is 1. The Bertz CT molecular complexity index is 731. The average Bonchev–Trinajstić information content (AvgIpc) is 2.81. The van der Waals surface area contributed by atoms with E-state index >= 15 is 0 Å². The first-order valence-corrected chi connectivity index (χ1v) is 7.24. The van der Waals surface area contributed by atoms with Gasteiger partial charge in [-0.1, -0.05) is 15.9 Å². The number of nitrogens with one attached hydrogen (secondary N) is 1. The van der Waals surface area contributed by atoms with Crippen LogP contribution in [0.2, 0.25) is 0 Å². The van der Waals surface area contributed by atoms with Gasteiger partial charge in [0.1, 0.15) is 5.82 Å². The lowest BCUT2D eigenvalue weighted by atomic mass is 10.1. The third-order valence-electron chi connectivity index (χ3n) is 2.56. The molecule has 2 rings (SSSR count). The number of rotatable bonds is 4. The van der Waals surface area contributed by atoms with E-state index in [0.29, 0.717) is 21.0 Å². The monoisotopic (exact) mass is 371 g/mol. The molecule has 0 aliphatic heterocycles. The van der Waals surface area contributed by atoms with Crippen molar-refractivity contribution < 1.29 is 10.0 Å². The normalized spacial score (nSPS) is 11.0. The standard InChI is InChI=1S/C11H10BrN5O3S/c1-5-7(12)2-6(10(18)9(5)17(19)20)3-14-16-11-15-8(13)4-21-11/h2-4,18H,13H2,1H3,(H,15,16). The molecule has 8 nitrogen and oxygen atoms in total. The lowest BCUT2D eigenvalue weighted by Gasteiger charge is -2.05. The number of benzene rings is 1. The molecule has 0 aliphatic carbocycles. The van der Waals surface area contributed by atoms with Gasteiger partial charge in [-0.25, -0.2) is 4.98 Å². The molecular weight excluding hydrogens is 362 g/mol. The topological polar surface area (TPSA) is 127 Å². The van der Waals surface area contributed by atoms with E-state index in [9.17, 15) is 15.2 Å². The van der Waals surface area contributed by atoms with Gasteiger partial charge in [0, 0.05) is 21.0 Å². The van der Waals surface area contributed by atoms with Crippen molar-refractivity contribution in [3.63, 3.8) is 0 Å². The van der Waals surface area contributed by atoms with Gasteiger partial charge in [0.2, 0.25) is 10.9 Å². The number of hydrogen-bond acceptors (Lipinski definition) is 8. The number of nitrogens with two attached hydrogens (primary N) is 1. The van der Waals surface area contributed by atoms with Gasteiger partial charge in [-0.15, -0.1) is 11.3 Å². The zero-order valence-electron chi connectivity index (χ0n) is 10.7. The zero-order valence-corrected chi connectivity index (χ0v) is 13.1. The van der Waals surface area contributed by atoms with Crippen molar-refractivity contribution in [2.24, 2.45) is 5.10 Å². The summed E-state index contributed by atoms with van der Waals surface area (Å²) in [7, 11) is 0. The molecule has 1 aromatic carbocycles. The van der Waals surface area contributed by atoms with Crippen LogP contribution in [-0.4, -0.2) is 21.2 Å². The second-order valence-corrected chi connectivity index (χ2v) is 5.69. The number of phenolic OH excluding ortho intramolecular Hbond substituents is 1. The molecule has 1 heterocycles. The first kappa shape index (κ1) is 15.2. The van der Waals surface area contributed by atoms with Gasteiger partial charge >= 0.3 is 5.69 Å². The van der Waals surface area contributed by atoms with Crippen LogP contribution in [0.4, 0.5) is 16.6 Å². The smallest absolute Gasteiger partial charge is 0.315 e. The third kappa shape index (κ3) is 3.28. The first-order chi connectivity index (χ1) is 9.90. The number of nitrogen functional groups attached to an aromatic ring is 1. The number of nitro groups is 1. The van der Waals surface area contributed by atoms with Gasteiger partial charge in [0.05, 0.1) is 11.1 Å². The summed E-state index contributed by atoms with van der Waals surface area (Å²) in [5.41, 5.74) is 8.28. The van der Waals surface area contributed by atoms with E-state index in [-0.39, 0.29) is 11.3 Å². The first-order valence-electron chi connectivity index (χ1n) is 5.56.